The Kier molecular flexibility index (Phi) is 3.77. The van der Waals surface area contributed by atoms with Gasteiger partial charge in [0.1, 0.15) is 5.69 Å². The van der Waals surface area contributed by atoms with Crippen LogP contribution in [0.5, 0.6) is 0 Å². The number of unbranched alkanes of at least 4 members (excludes halogenated alkanes) is 2. The van der Waals surface area contributed by atoms with Crippen molar-refractivity contribution in [1.29, 1.82) is 0 Å². The van der Waals surface area contributed by atoms with Crippen LogP contribution in [0.25, 0.3) is 0 Å². The number of aliphatic imine (C=N–C) groups is 1. The monoisotopic (exact) mass is 265 g/mol. The highest BCUT2D eigenvalue weighted by molar-refractivity contribution is 5.95. The van der Waals surface area contributed by atoms with Gasteiger partial charge in [-0.05, 0) is 24.5 Å². The average Bonchev–Trinajstić information content (AvgIpc) is 2.67. The number of hydrogen-bond acceptors (Lipinski definition) is 3. The number of aromatic nitrogens is 1. The highest BCUT2D eigenvalue weighted by Gasteiger charge is 2.12. The van der Waals surface area contributed by atoms with Gasteiger partial charge in [-0.3, -0.25) is 9.98 Å². The molecule has 1 aromatic carbocycles. The Morgan fingerprint density at radius 3 is 3.00 bits per heavy atom. The van der Waals surface area contributed by atoms with Crippen molar-refractivity contribution < 1.29 is 0 Å². The van der Waals surface area contributed by atoms with Crippen molar-refractivity contribution in [2.45, 2.75) is 32.6 Å². The number of anilines is 2. The van der Waals surface area contributed by atoms with Crippen LogP contribution in [0.3, 0.4) is 0 Å². The van der Waals surface area contributed by atoms with Crippen LogP contribution in [0.1, 0.15) is 37.3 Å². The fourth-order valence-corrected chi connectivity index (χ4v) is 2.52. The molecule has 0 amide bonds. The van der Waals surface area contributed by atoms with Gasteiger partial charge in [0.15, 0.2) is 0 Å². The van der Waals surface area contributed by atoms with Crippen LogP contribution in [-0.2, 0) is 6.42 Å². The first-order valence-electron chi connectivity index (χ1n) is 7.25. The molecule has 0 atom stereocenters. The Hall–Kier alpha value is -2.16. The van der Waals surface area contributed by atoms with E-state index in [1.54, 1.807) is 12.4 Å². The van der Waals surface area contributed by atoms with E-state index in [-0.39, 0.29) is 0 Å². The lowest BCUT2D eigenvalue weighted by atomic mass is 10.0. The standard InChI is InChI=1S/C17H19N3/c1-2-3-4-6-13-7-5-8-14-11-19-16-12-18-10-9-15(16)20-17(13)14/h5,7-12,20H,2-4,6H2,1H3. The fraction of sp³-hybridized carbons (Fsp3) is 0.294. The van der Waals surface area contributed by atoms with Gasteiger partial charge in [0.05, 0.1) is 17.6 Å². The van der Waals surface area contributed by atoms with Crippen LogP contribution in [0.4, 0.5) is 17.1 Å². The maximum atomic E-state index is 4.52. The highest BCUT2D eigenvalue weighted by atomic mass is 15.0. The highest BCUT2D eigenvalue weighted by Crippen LogP contribution is 2.33. The molecule has 20 heavy (non-hydrogen) atoms. The molecule has 1 aliphatic rings. The van der Waals surface area contributed by atoms with Gasteiger partial charge in [-0.2, -0.15) is 0 Å². The van der Waals surface area contributed by atoms with Gasteiger partial charge in [-0.25, -0.2) is 0 Å². The van der Waals surface area contributed by atoms with Crippen LogP contribution in [-0.4, -0.2) is 11.2 Å². The number of fused-ring (bicyclic) bond motifs is 2. The molecule has 0 radical (unpaired) electrons. The quantitative estimate of drug-likeness (QED) is 0.699. The van der Waals surface area contributed by atoms with E-state index in [2.05, 4.69) is 40.4 Å². The van der Waals surface area contributed by atoms with Crippen molar-refractivity contribution in [3.05, 3.63) is 47.8 Å². The van der Waals surface area contributed by atoms with Crippen molar-refractivity contribution in [3.63, 3.8) is 0 Å². The van der Waals surface area contributed by atoms with E-state index >= 15 is 0 Å². The molecular weight excluding hydrogens is 246 g/mol. The van der Waals surface area contributed by atoms with E-state index in [1.165, 1.54) is 30.5 Å². The van der Waals surface area contributed by atoms with Gasteiger partial charge in [-0.1, -0.05) is 38.0 Å². The third kappa shape index (κ3) is 2.57. The Bertz CT molecular complexity index is 632. The number of aryl methyl sites for hydroxylation is 1. The molecule has 1 N–H and O–H groups in total. The number of benzene rings is 1. The average molecular weight is 265 g/mol. The van der Waals surface area contributed by atoms with Crippen LogP contribution in [0, 0.1) is 0 Å². The van der Waals surface area contributed by atoms with Crippen molar-refractivity contribution in [2.24, 2.45) is 4.99 Å². The summed E-state index contributed by atoms with van der Waals surface area (Å²) in [5.41, 5.74) is 5.63. The first kappa shape index (κ1) is 12.9. The van der Waals surface area contributed by atoms with Crippen molar-refractivity contribution >= 4 is 23.3 Å². The summed E-state index contributed by atoms with van der Waals surface area (Å²) in [6.07, 6.45) is 10.4. The zero-order valence-electron chi connectivity index (χ0n) is 11.8. The van der Waals surface area contributed by atoms with Gasteiger partial charge in [-0.15, -0.1) is 0 Å². The normalized spacial score (nSPS) is 12.2. The summed E-state index contributed by atoms with van der Waals surface area (Å²) >= 11 is 0. The maximum Gasteiger partial charge on any atom is 0.105 e. The largest absolute Gasteiger partial charge is 0.353 e. The molecule has 2 heterocycles. The predicted molar refractivity (Wildman–Crippen MR) is 84.4 cm³/mol. The second-order valence-corrected chi connectivity index (χ2v) is 5.11. The van der Waals surface area contributed by atoms with Gasteiger partial charge < -0.3 is 5.32 Å². The predicted octanol–water partition coefficient (Wildman–Crippen LogP) is 4.62. The molecule has 0 spiro atoms. The van der Waals surface area contributed by atoms with Gasteiger partial charge in [0.25, 0.3) is 0 Å². The topological polar surface area (TPSA) is 37.3 Å². The lowest BCUT2D eigenvalue weighted by Gasteiger charge is -2.13. The minimum atomic E-state index is 0.892. The smallest absolute Gasteiger partial charge is 0.105 e. The molecule has 0 aliphatic carbocycles. The van der Waals surface area contributed by atoms with E-state index in [4.69, 9.17) is 0 Å². The third-order valence-corrected chi connectivity index (χ3v) is 3.64. The molecular formula is C17H19N3. The van der Waals surface area contributed by atoms with Crippen LogP contribution >= 0.6 is 0 Å². The molecule has 0 saturated heterocycles. The van der Waals surface area contributed by atoms with Crippen LogP contribution in [0.15, 0.2) is 41.7 Å². The molecule has 0 fully saturated rings. The van der Waals surface area contributed by atoms with E-state index in [0.29, 0.717) is 0 Å². The lowest BCUT2D eigenvalue weighted by molar-refractivity contribution is 0.718. The molecule has 0 unspecified atom stereocenters. The van der Waals surface area contributed by atoms with Gasteiger partial charge >= 0.3 is 0 Å². The molecule has 0 bridgehead atoms. The SMILES string of the molecule is CCCCCc1cccc2c1Nc1ccncc1N=C2. The third-order valence-electron chi connectivity index (χ3n) is 3.64. The number of nitrogens with zero attached hydrogens (tertiary/aromatic N) is 2. The Labute approximate surface area is 119 Å². The summed E-state index contributed by atoms with van der Waals surface area (Å²) in [5, 5.41) is 3.53. The molecule has 1 aromatic heterocycles. The zero-order chi connectivity index (χ0) is 13.8. The second-order valence-electron chi connectivity index (χ2n) is 5.11. The van der Waals surface area contributed by atoms with Crippen LogP contribution < -0.4 is 5.32 Å². The summed E-state index contributed by atoms with van der Waals surface area (Å²) in [7, 11) is 0. The van der Waals surface area contributed by atoms with Crippen molar-refractivity contribution in [3.8, 4) is 0 Å². The first-order chi connectivity index (χ1) is 9.88. The van der Waals surface area contributed by atoms with Gasteiger partial charge in [0, 0.05) is 18.0 Å². The number of rotatable bonds is 4. The molecule has 1 aliphatic heterocycles. The van der Waals surface area contributed by atoms with Crippen molar-refractivity contribution in [2.75, 3.05) is 5.32 Å². The number of hydrogen-bond donors (Lipinski definition) is 1. The van der Waals surface area contributed by atoms with Gasteiger partial charge in [0.2, 0.25) is 0 Å². The minimum absolute atomic E-state index is 0.892. The molecule has 2 aromatic rings. The number of pyridine rings is 1. The molecule has 3 rings (SSSR count). The summed E-state index contributed by atoms with van der Waals surface area (Å²) in [4.78, 5) is 8.65. The fourth-order valence-electron chi connectivity index (χ4n) is 2.52. The van der Waals surface area contributed by atoms with E-state index in [9.17, 15) is 0 Å². The lowest BCUT2D eigenvalue weighted by Crippen LogP contribution is -1.99. The summed E-state index contributed by atoms with van der Waals surface area (Å²) < 4.78 is 0. The Morgan fingerprint density at radius 1 is 1.15 bits per heavy atom. The minimum Gasteiger partial charge on any atom is -0.353 e. The summed E-state index contributed by atoms with van der Waals surface area (Å²) in [6, 6.07) is 8.41. The Balaban J connectivity index is 1.95. The van der Waals surface area contributed by atoms with Crippen LogP contribution in [0.2, 0.25) is 0 Å². The first-order valence-corrected chi connectivity index (χ1v) is 7.25. The van der Waals surface area contributed by atoms with Crippen molar-refractivity contribution in [1.82, 2.24) is 4.98 Å². The zero-order valence-corrected chi connectivity index (χ0v) is 11.8. The van der Waals surface area contributed by atoms with E-state index in [0.717, 1.165) is 23.4 Å². The summed E-state index contributed by atoms with van der Waals surface area (Å²) in [6.45, 7) is 2.24. The second kappa shape index (κ2) is 5.87. The number of para-hydroxylation sites is 1. The van der Waals surface area contributed by atoms with E-state index in [1.807, 2.05) is 12.3 Å². The molecule has 102 valence electrons. The summed E-state index contributed by atoms with van der Waals surface area (Å²) in [5.74, 6) is 0. The molecule has 3 nitrogen and oxygen atoms in total. The Morgan fingerprint density at radius 2 is 2.10 bits per heavy atom. The maximum absolute atomic E-state index is 4.52. The van der Waals surface area contributed by atoms with E-state index < -0.39 is 0 Å². The molecule has 0 saturated carbocycles. The number of nitrogens with one attached hydrogen (secondary N) is 1. The molecule has 3 heteroatoms.